The molecule has 32 heavy (non-hydrogen) atoms. The molecule has 1 saturated carbocycles. The highest BCUT2D eigenvalue weighted by Crippen LogP contribution is 2.27. The van der Waals surface area contributed by atoms with Crippen LogP contribution in [-0.2, 0) is 0 Å². The van der Waals surface area contributed by atoms with Crippen LogP contribution in [0.15, 0.2) is 30.3 Å². The van der Waals surface area contributed by atoms with Crippen LogP contribution in [0.4, 0.5) is 24.9 Å². The number of halogens is 3. The lowest BCUT2D eigenvalue weighted by Crippen LogP contribution is -2.34. The van der Waals surface area contributed by atoms with Crippen molar-refractivity contribution >= 4 is 17.7 Å². The smallest absolute Gasteiger partial charge is 0.406 e. The van der Waals surface area contributed by atoms with Crippen LogP contribution in [0.3, 0.4) is 0 Å². The predicted molar refractivity (Wildman–Crippen MR) is 116 cm³/mol. The zero-order chi connectivity index (χ0) is 23.3. The maximum atomic E-state index is 12.4. The molecule has 3 rings (SSSR count). The van der Waals surface area contributed by atoms with Gasteiger partial charge in [-0.15, -0.1) is 13.2 Å². The number of rotatable bonds is 7. The minimum Gasteiger partial charge on any atom is -0.406 e. The van der Waals surface area contributed by atoms with Gasteiger partial charge in [-0.05, 0) is 56.7 Å². The van der Waals surface area contributed by atoms with E-state index in [1.54, 1.807) is 0 Å². The van der Waals surface area contributed by atoms with E-state index in [1.807, 2.05) is 32.0 Å². The minimum atomic E-state index is -4.79. The number of hydrogen-bond donors (Lipinski definition) is 2. The molecule has 1 fully saturated rings. The Kier molecular flexibility index (Phi) is 7.42. The lowest BCUT2D eigenvalue weighted by Gasteiger charge is -2.29. The number of nitrogens with one attached hydrogen (secondary N) is 2. The summed E-state index contributed by atoms with van der Waals surface area (Å²) in [6.45, 7) is 2.41. The highest BCUT2D eigenvalue weighted by Gasteiger charge is 2.31. The third-order valence-electron chi connectivity index (χ3n) is 5.36. The summed E-state index contributed by atoms with van der Waals surface area (Å²) < 4.78 is 41.0. The number of alkyl halides is 3. The fourth-order valence-corrected chi connectivity index (χ4v) is 3.71. The summed E-state index contributed by atoms with van der Waals surface area (Å²) in [5.74, 6) is 0.949. The van der Waals surface area contributed by atoms with Crippen molar-refractivity contribution in [1.82, 2.24) is 15.3 Å². The normalized spacial score (nSPS) is 18.7. The first-order valence-corrected chi connectivity index (χ1v) is 10.5. The molecule has 0 bridgehead atoms. The van der Waals surface area contributed by atoms with Gasteiger partial charge in [-0.2, -0.15) is 4.98 Å². The standard InChI is InChI=1S/C22H28F3N5O2/c1-14-11-19(30(2)3)29-21(27-14)28-17-9-7-15(8-10-17)13-26-20(31)16-5-4-6-18(12-16)32-22(23,24)25/h4-6,11-12,15,17H,7-10,13H2,1-3H3,(H,26,31)(H,27,28,29)/t15-,17+. The molecule has 0 aliphatic heterocycles. The Balaban J connectivity index is 1.46. The Labute approximate surface area is 185 Å². The second kappa shape index (κ2) is 10.1. The average molecular weight is 451 g/mol. The largest absolute Gasteiger partial charge is 0.573 e. The molecule has 1 aromatic carbocycles. The van der Waals surface area contributed by atoms with Crippen LogP contribution in [0.2, 0.25) is 0 Å². The fraction of sp³-hybridized carbons (Fsp3) is 0.500. The number of hydrogen-bond acceptors (Lipinski definition) is 6. The van der Waals surface area contributed by atoms with Crippen LogP contribution in [0.25, 0.3) is 0 Å². The molecule has 7 nitrogen and oxygen atoms in total. The number of amides is 1. The van der Waals surface area contributed by atoms with E-state index in [2.05, 4.69) is 25.3 Å². The van der Waals surface area contributed by atoms with Crippen molar-refractivity contribution in [3.63, 3.8) is 0 Å². The second-order valence-corrected chi connectivity index (χ2v) is 8.23. The summed E-state index contributed by atoms with van der Waals surface area (Å²) in [6, 6.07) is 7.27. The Morgan fingerprint density at radius 1 is 1.16 bits per heavy atom. The first kappa shape index (κ1) is 23.6. The van der Waals surface area contributed by atoms with Crippen molar-refractivity contribution in [2.24, 2.45) is 5.92 Å². The molecule has 0 radical (unpaired) electrons. The van der Waals surface area contributed by atoms with E-state index in [-0.39, 0.29) is 11.6 Å². The fourth-order valence-electron chi connectivity index (χ4n) is 3.71. The molecule has 1 amide bonds. The van der Waals surface area contributed by atoms with E-state index >= 15 is 0 Å². The van der Waals surface area contributed by atoms with E-state index in [1.165, 1.54) is 12.1 Å². The summed E-state index contributed by atoms with van der Waals surface area (Å²) >= 11 is 0. The molecule has 1 aliphatic rings. The number of aromatic nitrogens is 2. The summed E-state index contributed by atoms with van der Waals surface area (Å²) in [7, 11) is 3.87. The number of benzene rings is 1. The van der Waals surface area contributed by atoms with Gasteiger partial charge in [-0.3, -0.25) is 4.79 Å². The highest BCUT2D eigenvalue weighted by atomic mass is 19.4. The molecule has 2 aromatic rings. The van der Waals surface area contributed by atoms with Gasteiger partial charge in [0.05, 0.1) is 0 Å². The van der Waals surface area contributed by atoms with E-state index in [0.717, 1.165) is 49.3 Å². The molecule has 1 aliphatic carbocycles. The Morgan fingerprint density at radius 3 is 2.53 bits per heavy atom. The number of anilines is 2. The second-order valence-electron chi connectivity index (χ2n) is 8.23. The number of ether oxygens (including phenoxy) is 1. The van der Waals surface area contributed by atoms with Crippen molar-refractivity contribution in [2.75, 3.05) is 30.9 Å². The van der Waals surface area contributed by atoms with Crippen molar-refractivity contribution in [3.8, 4) is 5.75 Å². The van der Waals surface area contributed by atoms with Crippen molar-refractivity contribution < 1.29 is 22.7 Å². The number of carbonyl (C=O) groups excluding carboxylic acids is 1. The lowest BCUT2D eigenvalue weighted by atomic mass is 9.86. The molecule has 0 atom stereocenters. The van der Waals surface area contributed by atoms with E-state index in [4.69, 9.17) is 0 Å². The molecule has 2 N–H and O–H groups in total. The van der Waals surface area contributed by atoms with Crippen LogP contribution in [0.1, 0.15) is 41.7 Å². The van der Waals surface area contributed by atoms with Gasteiger partial charge < -0.3 is 20.3 Å². The van der Waals surface area contributed by atoms with Crippen LogP contribution in [-0.4, -0.2) is 48.9 Å². The summed E-state index contributed by atoms with van der Waals surface area (Å²) in [5.41, 5.74) is 1.03. The molecule has 0 unspecified atom stereocenters. The summed E-state index contributed by atoms with van der Waals surface area (Å²) in [6.07, 6.45) is -1.11. The molecule has 0 saturated heterocycles. The zero-order valence-electron chi connectivity index (χ0n) is 18.4. The van der Waals surface area contributed by atoms with Crippen molar-refractivity contribution in [3.05, 3.63) is 41.6 Å². The minimum absolute atomic E-state index is 0.135. The highest BCUT2D eigenvalue weighted by molar-refractivity contribution is 5.94. The van der Waals surface area contributed by atoms with Crippen LogP contribution in [0, 0.1) is 12.8 Å². The van der Waals surface area contributed by atoms with Gasteiger partial charge >= 0.3 is 6.36 Å². The first-order chi connectivity index (χ1) is 15.1. The van der Waals surface area contributed by atoms with Crippen molar-refractivity contribution in [2.45, 2.75) is 45.0 Å². The molecule has 174 valence electrons. The van der Waals surface area contributed by atoms with Gasteiger partial charge in [0.15, 0.2) is 0 Å². The van der Waals surface area contributed by atoms with Gasteiger partial charge in [0, 0.05) is 44.0 Å². The Morgan fingerprint density at radius 2 is 1.88 bits per heavy atom. The van der Waals surface area contributed by atoms with Crippen molar-refractivity contribution in [1.29, 1.82) is 0 Å². The topological polar surface area (TPSA) is 79.4 Å². The maximum absolute atomic E-state index is 12.4. The van der Waals surface area contributed by atoms with Gasteiger partial charge in [0.25, 0.3) is 5.91 Å². The molecule has 1 aromatic heterocycles. The van der Waals surface area contributed by atoms with Crippen LogP contribution >= 0.6 is 0 Å². The van der Waals surface area contributed by atoms with Gasteiger partial charge in [0.2, 0.25) is 5.95 Å². The summed E-state index contributed by atoms with van der Waals surface area (Å²) in [5, 5.41) is 6.24. The molecule has 1 heterocycles. The number of aryl methyl sites for hydroxylation is 1. The monoisotopic (exact) mass is 451 g/mol. The molecular weight excluding hydrogens is 423 g/mol. The molecular formula is C22H28F3N5O2. The van der Waals surface area contributed by atoms with Gasteiger partial charge in [-0.1, -0.05) is 6.07 Å². The zero-order valence-corrected chi connectivity index (χ0v) is 18.4. The molecule has 0 spiro atoms. The van der Waals surface area contributed by atoms with E-state index < -0.39 is 18.0 Å². The first-order valence-electron chi connectivity index (χ1n) is 10.5. The average Bonchev–Trinajstić information content (AvgIpc) is 2.71. The Hall–Kier alpha value is -3.04. The van der Waals surface area contributed by atoms with E-state index in [9.17, 15) is 18.0 Å². The van der Waals surface area contributed by atoms with Gasteiger partial charge in [-0.25, -0.2) is 4.98 Å². The third-order valence-corrected chi connectivity index (χ3v) is 5.36. The van der Waals surface area contributed by atoms with Crippen LogP contribution in [0.5, 0.6) is 5.75 Å². The van der Waals surface area contributed by atoms with E-state index in [0.29, 0.717) is 18.4 Å². The van der Waals surface area contributed by atoms with Gasteiger partial charge in [0.1, 0.15) is 11.6 Å². The number of nitrogens with zero attached hydrogens (tertiary/aromatic N) is 3. The van der Waals surface area contributed by atoms with Crippen LogP contribution < -0.4 is 20.3 Å². The predicted octanol–water partition coefficient (Wildman–Crippen LogP) is 4.15. The SMILES string of the molecule is Cc1cc(N(C)C)nc(N[C@H]2CC[C@@H](CNC(=O)c3cccc(OC(F)(F)F)c3)CC2)n1. The quantitative estimate of drug-likeness (QED) is 0.659. The third kappa shape index (κ3) is 7.00. The molecule has 10 heteroatoms. The number of carbonyl (C=O) groups is 1. The summed E-state index contributed by atoms with van der Waals surface area (Å²) in [4.78, 5) is 23.3. The lowest BCUT2D eigenvalue weighted by molar-refractivity contribution is -0.274. The Bertz CT molecular complexity index is 928. The maximum Gasteiger partial charge on any atom is 0.573 e.